The quantitative estimate of drug-likeness (QED) is 0.417. The van der Waals surface area contributed by atoms with Crippen molar-refractivity contribution in [2.24, 2.45) is 0 Å². The van der Waals surface area contributed by atoms with Crippen LogP contribution in [0.25, 0.3) is 11.0 Å². The number of H-pyrrole nitrogens is 1. The molecule has 172 valence electrons. The smallest absolute Gasteiger partial charge is 0.319 e. The van der Waals surface area contributed by atoms with Crippen LogP contribution < -0.4 is 25.0 Å². The highest BCUT2D eigenvalue weighted by atomic mass is 16.7. The number of amides is 2. The van der Waals surface area contributed by atoms with Crippen LogP contribution in [0.5, 0.6) is 11.5 Å². The Balaban J connectivity index is 1.13. The molecule has 0 aliphatic carbocycles. The molecule has 2 aromatic carbocycles. The van der Waals surface area contributed by atoms with E-state index in [1.165, 1.54) is 5.56 Å². The van der Waals surface area contributed by atoms with Crippen molar-refractivity contribution in [3.8, 4) is 11.5 Å². The number of hydrogen-bond donors (Lipinski definition) is 3. The zero-order chi connectivity index (χ0) is 23.1. The van der Waals surface area contributed by atoms with Crippen molar-refractivity contribution >= 4 is 34.3 Å². The summed E-state index contributed by atoms with van der Waals surface area (Å²) in [7, 11) is 0. The molecule has 0 radical (unpaired) electrons. The van der Waals surface area contributed by atoms with Crippen molar-refractivity contribution in [3.05, 3.63) is 60.0 Å². The highest BCUT2D eigenvalue weighted by Gasteiger charge is 2.31. The molecule has 6 rings (SSSR count). The third kappa shape index (κ3) is 3.53. The van der Waals surface area contributed by atoms with E-state index in [1.54, 1.807) is 18.6 Å². The Kier molecular flexibility index (Phi) is 4.90. The van der Waals surface area contributed by atoms with Crippen molar-refractivity contribution in [3.63, 3.8) is 0 Å². The van der Waals surface area contributed by atoms with E-state index in [2.05, 4.69) is 47.8 Å². The van der Waals surface area contributed by atoms with E-state index in [1.807, 2.05) is 25.1 Å². The average Bonchev–Trinajstić information content (AvgIpc) is 3.58. The Morgan fingerprint density at radius 3 is 2.97 bits per heavy atom. The molecular formula is C24H23N7O3. The number of carbonyl (C=O) groups excluding carboxylic acids is 1. The van der Waals surface area contributed by atoms with E-state index in [4.69, 9.17) is 9.47 Å². The van der Waals surface area contributed by atoms with Crippen LogP contribution >= 0.6 is 0 Å². The lowest BCUT2D eigenvalue weighted by molar-refractivity contribution is 0.174. The average molecular weight is 457 g/mol. The summed E-state index contributed by atoms with van der Waals surface area (Å²) in [5.74, 6) is 2.42. The molecule has 34 heavy (non-hydrogen) atoms. The van der Waals surface area contributed by atoms with E-state index in [9.17, 15) is 4.79 Å². The third-order valence-electron chi connectivity index (χ3n) is 6.30. The lowest BCUT2D eigenvalue weighted by atomic mass is 9.98. The number of aromatic amines is 1. The van der Waals surface area contributed by atoms with Gasteiger partial charge in [0.15, 0.2) is 17.1 Å². The maximum absolute atomic E-state index is 12.6. The van der Waals surface area contributed by atoms with Gasteiger partial charge in [0.05, 0.1) is 11.6 Å². The minimum Gasteiger partial charge on any atom is -0.454 e. The van der Waals surface area contributed by atoms with Gasteiger partial charge in [0.25, 0.3) is 0 Å². The van der Waals surface area contributed by atoms with Crippen LogP contribution in [0.2, 0.25) is 0 Å². The van der Waals surface area contributed by atoms with E-state index < -0.39 is 0 Å². The fourth-order valence-electron chi connectivity index (χ4n) is 4.62. The monoisotopic (exact) mass is 457 g/mol. The number of ether oxygens (including phenoxy) is 2. The first kappa shape index (κ1) is 20.3. The standard InChI is InChI=1S/C24H23N7O3/c1-14-8-20-21(34-13-33-20)9-18(14)29-24(32)25-7-6-15-11-31(19-5-3-2-4-16(15)19)23-17-10-28-30-22(17)26-12-27-23/h2-5,8-10,12,15H,6-7,11,13H2,1H3,(H2,25,29,32)(H,26,27,28,30). The molecule has 1 unspecified atom stereocenters. The van der Waals surface area contributed by atoms with Crippen LogP contribution in [0.1, 0.15) is 23.5 Å². The van der Waals surface area contributed by atoms with Crippen LogP contribution in [0, 0.1) is 6.92 Å². The van der Waals surface area contributed by atoms with E-state index in [0.29, 0.717) is 29.4 Å². The first-order valence-electron chi connectivity index (χ1n) is 11.1. The van der Waals surface area contributed by atoms with Gasteiger partial charge in [-0.3, -0.25) is 5.10 Å². The van der Waals surface area contributed by atoms with Gasteiger partial charge in [-0.1, -0.05) is 18.2 Å². The van der Waals surface area contributed by atoms with Crippen molar-refractivity contribution in [1.29, 1.82) is 0 Å². The van der Waals surface area contributed by atoms with E-state index in [-0.39, 0.29) is 18.7 Å². The van der Waals surface area contributed by atoms with Gasteiger partial charge < -0.3 is 25.0 Å². The number of urea groups is 1. The third-order valence-corrected chi connectivity index (χ3v) is 6.30. The molecule has 2 aliphatic rings. The Morgan fingerprint density at radius 1 is 1.21 bits per heavy atom. The first-order chi connectivity index (χ1) is 16.7. The van der Waals surface area contributed by atoms with Crippen LogP contribution in [0.3, 0.4) is 0 Å². The van der Waals surface area contributed by atoms with E-state index >= 15 is 0 Å². The van der Waals surface area contributed by atoms with Gasteiger partial charge in [-0.25, -0.2) is 14.8 Å². The summed E-state index contributed by atoms with van der Waals surface area (Å²) in [5, 5.41) is 13.8. The molecule has 0 saturated heterocycles. The number of para-hydroxylation sites is 1. The maximum atomic E-state index is 12.6. The van der Waals surface area contributed by atoms with Crippen molar-refractivity contribution in [2.75, 3.05) is 30.1 Å². The van der Waals surface area contributed by atoms with Crippen LogP contribution in [-0.2, 0) is 0 Å². The molecule has 0 bridgehead atoms. The number of aromatic nitrogens is 4. The molecule has 2 aromatic heterocycles. The summed E-state index contributed by atoms with van der Waals surface area (Å²) in [6, 6.07) is 11.7. The first-order valence-corrected chi connectivity index (χ1v) is 11.1. The number of anilines is 3. The Hall–Kier alpha value is -4.34. The number of nitrogens with zero attached hydrogens (tertiary/aromatic N) is 4. The SMILES string of the molecule is Cc1cc2c(cc1NC(=O)NCCC1CN(c3ncnc4[nH]ncc34)c3ccccc31)OCO2. The molecule has 3 N–H and O–H groups in total. The molecule has 0 spiro atoms. The second-order valence-electron chi connectivity index (χ2n) is 8.39. The van der Waals surface area contributed by atoms with Gasteiger partial charge in [0.1, 0.15) is 12.1 Å². The van der Waals surface area contributed by atoms with Crippen LogP contribution in [0.15, 0.2) is 48.9 Å². The number of rotatable bonds is 5. The molecule has 1 atom stereocenters. The highest BCUT2D eigenvalue weighted by molar-refractivity contribution is 5.91. The molecule has 4 aromatic rings. The fourth-order valence-corrected chi connectivity index (χ4v) is 4.62. The summed E-state index contributed by atoms with van der Waals surface area (Å²) in [6.45, 7) is 3.42. The number of aryl methyl sites for hydroxylation is 1. The Labute approximate surface area is 195 Å². The predicted octanol–water partition coefficient (Wildman–Crippen LogP) is 3.84. The number of hydrogen-bond acceptors (Lipinski definition) is 7. The van der Waals surface area contributed by atoms with Crippen LogP contribution in [-0.4, -0.2) is 46.1 Å². The van der Waals surface area contributed by atoms with Gasteiger partial charge in [0, 0.05) is 36.4 Å². The lowest BCUT2D eigenvalue weighted by Crippen LogP contribution is -2.31. The van der Waals surface area contributed by atoms with Gasteiger partial charge in [0.2, 0.25) is 6.79 Å². The minimum absolute atomic E-state index is 0.200. The minimum atomic E-state index is -0.249. The molecule has 0 fully saturated rings. The normalized spacial score (nSPS) is 16.0. The zero-order valence-electron chi connectivity index (χ0n) is 18.5. The number of benzene rings is 2. The molecule has 2 amide bonds. The largest absolute Gasteiger partial charge is 0.454 e. The molecule has 0 saturated carbocycles. The summed E-state index contributed by atoms with van der Waals surface area (Å²) in [6.07, 6.45) is 4.10. The number of nitrogens with one attached hydrogen (secondary N) is 3. The zero-order valence-corrected chi connectivity index (χ0v) is 18.5. The topological polar surface area (TPSA) is 117 Å². The second-order valence-corrected chi connectivity index (χ2v) is 8.39. The maximum Gasteiger partial charge on any atom is 0.319 e. The summed E-state index contributed by atoms with van der Waals surface area (Å²) in [4.78, 5) is 23.5. The Morgan fingerprint density at radius 2 is 2.06 bits per heavy atom. The van der Waals surface area contributed by atoms with Gasteiger partial charge in [-0.05, 0) is 36.6 Å². The van der Waals surface area contributed by atoms with E-state index in [0.717, 1.165) is 35.4 Å². The van der Waals surface area contributed by atoms with Crippen LogP contribution in [0.4, 0.5) is 22.0 Å². The highest BCUT2D eigenvalue weighted by Crippen LogP contribution is 2.43. The molecular weight excluding hydrogens is 434 g/mol. The predicted molar refractivity (Wildman–Crippen MR) is 127 cm³/mol. The second kappa shape index (κ2) is 8.22. The van der Waals surface area contributed by atoms with Crippen molar-refractivity contribution in [2.45, 2.75) is 19.3 Å². The summed E-state index contributed by atoms with van der Waals surface area (Å²) >= 11 is 0. The van der Waals surface area contributed by atoms with Crippen molar-refractivity contribution in [1.82, 2.24) is 25.5 Å². The van der Waals surface area contributed by atoms with Gasteiger partial charge in [-0.2, -0.15) is 5.10 Å². The molecule has 4 heterocycles. The number of carbonyl (C=O) groups is 1. The summed E-state index contributed by atoms with van der Waals surface area (Å²) in [5.41, 5.74) is 4.69. The van der Waals surface area contributed by atoms with Gasteiger partial charge in [-0.15, -0.1) is 0 Å². The fraction of sp³-hybridized carbons (Fsp3) is 0.250. The van der Waals surface area contributed by atoms with Crippen molar-refractivity contribution < 1.29 is 14.3 Å². The molecule has 10 nitrogen and oxygen atoms in total. The van der Waals surface area contributed by atoms with Gasteiger partial charge >= 0.3 is 6.03 Å². The lowest BCUT2D eigenvalue weighted by Gasteiger charge is -2.19. The molecule has 10 heteroatoms. The number of fused-ring (bicyclic) bond motifs is 3. The molecule has 2 aliphatic heterocycles. The Bertz CT molecular complexity index is 1390. The summed E-state index contributed by atoms with van der Waals surface area (Å²) < 4.78 is 10.8.